The molecule has 2 aliphatic carbocycles. The van der Waals surface area contributed by atoms with Gasteiger partial charge >= 0.3 is 0 Å². The molecule has 0 aromatic heterocycles. The Morgan fingerprint density at radius 3 is 2.36 bits per heavy atom. The lowest BCUT2D eigenvalue weighted by Crippen LogP contribution is -2.36. The van der Waals surface area contributed by atoms with E-state index in [0.717, 1.165) is 6.42 Å². The fourth-order valence-electron chi connectivity index (χ4n) is 2.81. The van der Waals surface area contributed by atoms with Gasteiger partial charge in [-0.05, 0) is 38.5 Å². The average Bonchev–Trinajstić information content (AvgIpc) is 2.76. The lowest BCUT2D eigenvalue weighted by molar-refractivity contribution is 0.106. The molecule has 3 heteroatoms. The normalized spacial score (nSPS) is 43.3. The van der Waals surface area contributed by atoms with E-state index in [1.807, 2.05) is 7.11 Å². The Bertz CT molecular complexity index is 186. The quantitative estimate of drug-likeness (QED) is 0.712. The number of rotatable bonds is 3. The zero-order valence-electron chi connectivity index (χ0n) is 9.04. The van der Waals surface area contributed by atoms with Crippen molar-refractivity contribution in [1.82, 2.24) is 5.32 Å². The van der Waals surface area contributed by atoms with Crippen LogP contribution in [0.4, 0.5) is 0 Å². The largest absolute Gasteiger partial charge is 0.381 e. The van der Waals surface area contributed by atoms with Crippen LogP contribution in [0.1, 0.15) is 38.5 Å². The molecule has 2 fully saturated rings. The average molecular weight is 198 g/mol. The minimum Gasteiger partial charge on any atom is -0.381 e. The van der Waals surface area contributed by atoms with Crippen LogP contribution < -0.4 is 11.1 Å². The smallest absolute Gasteiger partial charge is 0.0586 e. The summed E-state index contributed by atoms with van der Waals surface area (Å²) >= 11 is 0. The van der Waals surface area contributed by atoms with E-state index in [9.17, 15) is 0 Å². The van der Waals surface area contributed by atoms with Crippen LogP contribution in [-0.4, -0.2) is 31.3 Å². The molecular formula is C11H22N2O. The molecule has 4 unspecified atom stereocenters. The maximum absolute atomic E-state index is 5.89. The van der Waals surface area contributed by atoms with E-state index in [4.69, 9.17) is 10.5 Å². The monoisotopic (exact) mass is 198 g/mol. The summed E-state index contributed by atoms with van der Waals surface area (Å²) in [5.41, 5.74) is 5.89. The number of hydrogen-bond acceptors (Lipinski definition) is 3. The first kappa shape index (κ1) is 10.4. The first-order valence-corrected chi connectivity index (χ1v) is 5.82. The van der Waals surface area contributed by atoms with E-state index >= 15 is 0 Å². The number of methoxy groups -OCH3 is 1. The molecule has 82 valence electrons. The fraction of sp³-hybridized carbons (Fsp3) is 1.00. The maximum atomic E-state index is 5.89. The molecule has 4 atom stereocenters. The highest BCUT2D eigenvalue weighted by molar-refractivity contribution is 4.88. The van der Waals surface area contributed by atoms with Crippen LogP contribution in [0.15, 0.2) is 0 Å². The highest BCUT2D eigenvalue weighted by Crippen LogP contribution is 2.25. The molecule has 2 rings (SSSR count). The molecule has 0 heterocycles. The minimum atomic E-state index is 0.437. The van der Waals surface area contributed by atoms with Crippen molar-refractivity contribution in [3.05, 3.63) is 0 Å². The predicted molar refractivity (Wildman–Crippen MR) is 57.2 cm³/mol. The van der Waals surface area contributed by atoms with Gasteiger partial charge < -0.3 is 15.8 Å². The zero-order chi connectivity index (χ0) is 9.97. The summed E-state index contributed by atoms with van der Waals surface area (Å²) in [6, 6.07) is 1.79. The molecule has 0 radical (unpaired) electrons. The van der Waals surface area contributed by atoms with Crippen LogP contribution in [0.3, 0.4) is 0 Å². The molecule has 3 nitrogen and oxygen atoms in total. The van der Waals surface area contributed by atoms with E-state index < -0.39 is 0 Å². The molecule has 0 spiro atoms. The van der Waals surface area contributed by atoms with Gasteiger partial charge in [0.2, 0.25) is 0 Å². The Kier molecular flexibility index (Phi) is 3.42. The third kappa shape index (κ3) is 2.47. The van der Waals surface area contributed by atoms with Gasteiger partial charge in [0.15, 0.2) is 0 Å². The summed E-state index contributed by atoms with van der Waals surface area (Å²) < 4.78 is 5.36. The molecular weight excluding hydrogens is 176 g/mol. The Balaban J connectivity index is 1.71. The van der Waals surface area contributed by atoms with E-state index in [1.54, 1.807) is 0 Å². The second-order valence-electron chi connectivity index (χ2n) is 4.80. The van der Waals surface area contributed by atoms with Gasteiger partial charge in [-0.15, -0.1) is 0 Å². The first-order valence-electron chi connectivity index (χ1n) is 5.82. The van der Waals surface area contributed by atoms with Crippen LogP contribution in [-0.2, 0) is 4.74 Å². The summed E-state index contributed by atoms with van der Waals surface area (Å²) in [7, 11) is 1.82. The molecule has 0 aromatic rings. The lowest BCUT2D eigenvalue weighted by atomic mass is 10.2. The van der Waals surface area contributed by atoms with Gasteiger partial charge in [-0.25, -0.2) is 0 Å². The molecule has 3 N–H and O–H groups in total. The van der Waals surface area contributed by atoms with Crippen molar-refractivity contribution in [3.8, 4) is 0 Å². The van der Waals surface area contributed by atoms with Crippen LogP contribution >= 0.6 is 0 Å². The topological polar surface area (TPSA) is 47.3 Å². The number of ether oxygens (including phenoxy) is 1. The number of nitrogens with two attached hydrogens (primary N) is 1. The Hall–Kier alpha value is -0.120. The molecule has 2 aliphatic rings. The number of nitrogens with one attached hydrogen (secondary N) is 1. The lowest BCUT2D eigenvalue weighted by Gasteiger charge is -2.18. The van der Waals surface area contributed by atoms with Crippen LogP contribution in [0.5, 0.6) is 0 Å². The van der Waals surface area contributed by atoms with Gasteiger partial charge in [0.05, 0.1) is 6.10 Å². The fourth-order valence-corrected chi connectivity index (χ4v) is 2.81. The van der Waals surface area contributed by atoms with Gasteiger partial charge in [-0.1, -0.05) is 0 Å². The Morgan fingerprint density at radius 2 is 1.79 bits per heavy atom. The van der Waals surface area contributed by atoms with Crippen molar-refractivity contribution in [1.29, 1.82) is 0 Å². The maximum Gasteiger partial charge on any atom is 0.0586 e. The summed E-state index contributed by atoms with van der Waals surface area (Å²) in [5, 5.41) is 3.71. The third-order valence-corrected chi connectivity index (χ3v) is 3.66. The minimum absolute atomic E-state index is 0.437. The summed E-state index contributed by atoms with van der Waals surface area (Å²) in [5.74, 6) is 0. The van der Waals surface area contributed by atoms with Gasteiger partial charge in [-0.2, -0.15) is 0 Å². The molecule has 2 saturated carbocycles. The van der Waals surface area contributed by atoms with Gasteiger partial charge in [0.25, 0.3) is 0 Å². The van der Waals surface area contributed by atoms with Gasteiger partial charge in [-0.3, -0.25) is 0 Å². The molecule has 14 heavy (non-hydrogen) atoms. The number of hydrogen-bond donors (Lipinski definition) is 2. The summed E-state index contributed by atoms with van der Waals surface area (Å²) in [6.45, 7) is 0. The predicted octanol–water partition coefficient (Wildman–Crippen LogP) is 1.02. The van der Waals surface area contributed by atoms with Crippen LogP contribution in [0, 0.1) is 0 Å². The third-order valence-electron chi connectivity index (χ3n) is 3.66. The second kappa shape index (κ2) is 4.60. The highest BCUT2D eigenvalue weighted by Gasteiger charge is 2.29. The van der Waals surface area contributed by atoms with Gasteiger partial charge in [0, 0.05) is 25.2 Å². The van der Waals surface area contributed by atoms with Crippen molar-refractivity contribution in [2.75, 3.05) is 7.11 Å². The Labute approximate surface area is 86.4 Å². The molecule has 0 aliphatic heterocycles. The molecule has 0 saturated heterocycles. The molecule has 0 amide bonds. The van der Waals surface area contributed by atoms with Crippen molar-refractivity contribution >= 4 is 0 Å². The van der Waals surface area contributed by atoms with Gasteiger partial charge in [0.1, 0.15) is 0 Å². The first-order chi connectivity index (χ1) is 6.78. The Morgan fingerprint density at radius 1 is 1.07 bits per heavy atom. The summed E-state index contributed by atoms with van der Waals surface area (Å²) in [6.07, 6.45) is 7.77. The summed E-state index contributed by atoms with van der Waals surface area (Å²) in [4.78, 5) is 0. The van der Waals surface area contributed by atoms with Crippen LogP contribution in [0.25, 0.3) is 0 Å². The van der Waals surface area contributed by atoms with Crippen LogP contribution in [0.2, 0.25) is 0 Å². The highest BCUT2D eigenvalue weighted by atomic mass is 16.5. The molecule has 0 bridgehead atoms. The van der Waals surface area contributed by atoms with E-state index in [1.165, 1.54) is 32.1 Å². The van der Waals surface area contributed by atoms with E-state index in [-0.39, 0.29) is 0 Å². The van der Waals surface area contributed by atoms with E-state index in [2.05, 4.69) is 5.32 Å². The SMILES string of the molecule is COC1CCC(NC2CCC(N)C2)C1. The molecule has 0 aromatic carbocycles. The second-order valence-corrected chi connectivity index (χ2v) is 4.80. The van der Waals surface area contributed by atoms with Crippen molar-refractivity contribution in [3.63, 3.8) is 0 Å². The zero-order valence-corrected chi connectivity index (χ0v) is 9.04. The van der Waals surface area contributed by atoms with Crippen molar-refractivity contribution < 1.29 is 4.74 Å². The van der Waals surface area contributed by atoms with E-state index in [0.29, 0.717) is 24.2 Å². The van der Waals surface area contributed by atoms with Crippen molar-refractivity contribution in [2.24, 2.45) is 5.73 Å². The standard InChI is InChI=1S/C11H22N2O/c1-14-11-5-4-10(7-11)13-9-3-2-8(12)6-9/h8-11,13H,2-7,12H2,1H3. The van der Waals surface area contributed by atoms with Crippen molar-refractivity contribution in [2.45, 2.75) is 62.8 Å².